The molecule has 2 heteroatoms. The van der Waals surface area contributed by atoms with Gasteiger partial charge in [-0.2, -0.15) is 5.26 Å². The van der Waals surface area contributed by atoms with Gasteiger partial charge in [-0.05, 0) is 37.5 Å². The van der Waals surface area contributed by atoms with Gasteiger partial charge in [0.1, 0.15) is 0 Å². The topological polar surface area (TPSA) is 44.0 Å². The van der Waals surface area contributed by atoms with Crippen molar-refractivity contribution in [2.45, 2.75) is 91.1 Å². The summed E-state index contributed by atoms with van der Waals surface area (Å²) >= 11 is 0. The van der Waals surface area contributed by atoms with Crippen molar-refractivity contribution in [2.24, 2.45) is 17.3 Å². The Balaban J connectivity index is 3.06. The van der Waals surface area contributed by atoms with Crippen molar-refractivity contribution in [3.8, 4) is 6.07 Å². The van der Waals surface area contributed by atoms with Crippen LogP contribution in [0.25, 0.3) is 0 Å². The molecule has 20 heavy (non-hydrogen) atoms. The molecule has 116 valence electrons. The lowest BCUT2D eigenvalue weighted by atomic mass is 9.61. The molecule has 0 bridgehead atoms. The average Bonchev–Trinajstić information content (AvgIpc) is 2.26. The molecule has 0 aliphatic heterocycles. The van der Waals surface area contributed by atoms with E-state index >= 15 is 0 Å². The number of nitrogens with zero attached hydrogens (tertiary/aromatic N) is 1. The van der Waals surface area contributed by atoms with Crippen LogP contribution in [0.4, 0.5) is 0 Å². The van der Waals surface area contributed by atoms with Crippen LogP contribution in [-0.2, 0) is 0 Å². The van der Waals surface area contributed by atoms with Gasteiger partial charge in [0.25, 0.3) is 0 Å². The predicted octanol–water partition coefficient (Wildman–Crippen LogP) is 5.06. The van der Waals surface area contributed by atoms with Gasteiger partial charge in [0, 0.05) is 0 Å². The van der Waals surface area contributed by atoms with E-state index in [9.17, 15) is 10.4 Å². The van der Waals surface area contributed by atoms with Gasteiger partial charge in [-0.3, -0.25) is 0 Å². The second kappa shape index (κ2) is 7.46. The highest BCUT2D eigenvalue weighted by molar-refractivity contribution is 5.12. The lowest BCUT2D eigenvalue weighted by Crippen LogP contribution is -2.49. The Morgan fingerprint density at radius 3 is 1.70 bits per heavy atom. The molecular formula is C18H33NO. The second-order valence-corrected chi connectivity index (χ2v) is 7.69. The third-order valence-corrected chi connectivity index (χ3v) is 4.80. The Morgan fingerprint density at radius 1 is 0.950 bits per heavy atom. The molecule has 0 saturated heterocycles. The number of hydrogen-bond donors (Lipinski definition) is 1. The molecule has 0 amide bonds. The fourth-order valence-corrected chi connectivity index (χ4v) is 4.01. The maximum atomic E-state index is 11.4. The maximum Gasteiger partial charge on any atom is 0.0860 e. The van der Waals surface area contributed by atoms with E-state index in [1.165, 1.54) is 19.3 Å². The van der Waals surface area contributed by atoms with Crippen LogP contribution in [0.15, 0.2) is 0 Å². The molecule has 0 aromatic carbocycles. The van der Waals surface area contributed by atoms with Crippen molar-refractivity contribution in [1.29, 1.82) is 5.26 Å². The Labute approximate surface area is 125 Å². The lowest BCUT2D eigenvalue weighted by molar-refractivity contribution is -0.0954. The molecular weight excluding hydrogens is 246 g/mol. The highest BCUT2D eigenvalue weighted by atomic mass is 16.3. The molecule has 0 aromatic rings. The van der Waals surface area contributed by atoms with Gasteiger partial charge in [-0.15, -0.1) is 0 Å². The van der Waals surface area contributed by atoms with Gasteiger partial charge in [-0.1, -0.05) is 59.8 Å². The summed E-state index contributed by atoms with van der Waals surface area (Å²) in [7, 11) is 0. The Morgan fingerprint density at radius 2 is 1.35 bits per heavy atom. The summed E-state index contributed by atoms with van der Waals surface area (Å²) in [6, 6.07) is 2.59. The third kappa shape index (κ3) is 4.22. The smallest absolute Gasteiger partial charge is 0.0860 e. The summed E-state index contributed by atoms with van der Waals surface area (Å²) in [6.07, 6.45) is 9.13. The summed E-state index contributed by atoms with van der Waals surface area (Å²) < 4.78 is 0. The summed E-state index contributed by atoms with van der Waals surface area (Å²) in [5.41, 5.74) is -1.34. The summed E-state index contributed by atoms with van der Waals surface area (Å²) in [5.74, 6) is 0.851. The van der Waals surface area contributed by atoms with Crippen LogP contribution in [0.3, 0.4) is 0 Å². The standard InChI is InChI=1S/C18H33NO/c1-15(2)12-18(20,13-16(3)4)17(14-19)10-8-6-5-7-9-11-17/h15-16,20H,5-13H2,1-4H3. The summed E-state index contributed by atoms with van der Waals surface area (Å²) in [5, 5.41) is 21.3. The van der Waals surface area contributed by atoms with Crippen molar-refractivity contribution in [1.82, 2.24) is 0 Å². The Kier molecular flexibility index (Phi) is 6.52. The SMILES string of the molecule is CC(C)CC(O)(CC(C)C)C1(C#N)CCCCCCC1. The fraction of sp³-hybridized carbons (Fsp3) is 0.944. The van der Waals surface area contributed by atoms with Crippen LogP contribution in [-0.4, -0.2) is 10.7 Å². The molecule has 1 rings (SSSR count). The quantitative estimate of drug-likeness (QED) is 0.764. The first-order valence-corrected chi connectivity index (χ1v) is 8.49. The van der Waals surface area contributed by atoms with E-state index in [4.69, 9.17) is 0 Å². The fourth-order valence-electron chi connectivity index (χ4n) is 4.01. The zero-order valence-electron chi connectivity index (χ0n) is 13.9. The van der Waals surface area contributed by atoms with Crippen LogP contribution in [0.5, 0.6) is 0 Å². The van der Waals surface area contributed by atoms with Crippen molar-refractivity contribution in [3.63, 3.8) is 0 Å². The first kappa shape index (κ1) is 17.5. The van der Waals surface area contributed by atoms with E-state index in [1.54, 1.807) is 0 Å². The van der Waals surface area contributed by atoms with E-state index in [0.717, 1.165) is 38.5 Å². The molecule has 1 aliphatic rings. The molecule has 0 atom stereocenters. The van der Waals surface area contributed by atoms with Gasteiger partial charge in [0.15, 0.2) is 0 Å². The third-order valence-electron chi connectivity index (χ3n) is 4.80. The van der Waals surface area contributed by atoms with Crippen LogP contribution in [0.1, 0.15) is 85.5 Å². The van der Waals surface area contributed by atoms with E-state index < -0.39 is 11.0 Å². The van der Waals surface area contributed by atoms with Gasteiger partial charge in [0.2, 0.25) is 0 Å². The van der Waals surface area contributed by atoms with Gasteiger partial charge >= 0.3 is 0 Å². The monoisotopic (exact) mass is 279 g/mol. The van der Waals surface area contributed by atoms with E-state index in [-0.39, 0.29) is 0 Å². The zero-order valence-corrected chi connectivity index (χ0v) is 13.9. The summed E-state index contributed by atoms with van der Waals surface area (Å²) in [4.78, 5) is 0. The maximum absolute atomic E-state index is 11.4. The highest BCUT2D eigenvalue weighted by Gasteiger charge is 2.50. The first-order valence-electron chi connectivity index (χ1n) is 8.49. The largest absolute Gasteiger partial charge is 0.388 e. The molecule has 1 N–H and O–H groups in total. The molecule has 2 nitrogen and oxygen atoms in total. The van der Waals surface area contributed by atoms with Crippen molar-refractivity contribution in [2.75, 3.05) is 0 Å². The van der Waals surface area contributed by atoms with Gasteiger partial charge in [-0.25, -0.2) is 0 Å². The van der Waals surface area contributed by atoms with Gasteiger partial charge in [0.05, 0.1) is 17.1 Å². The molecule has 0 radical (unpaired) electrons. The molecule has 0 unspecified atom stereocenters. The normalized spacial score (nSPS) is 20.5. The average molecular weight is 279 g/mol. The van der Waals surface area contributed by atoms with Crippen molar-refractivity contribution >= 4 is 0 Å². The first-order chi connectivity index (χ1) is 9.35. The van der Waals surface area contributed by atoms with E-state index in [1.807, 2.05) is 0 Å². The molecule has 1 aliphatic carbocycles. The minimum atomic E-state index is -0.818. The number of hydrogen-bond acceptors (Lipinski definition) is 2. The van der Waals surface area contributed by atoms with Crippen molar-refractivity contribution < 1.29 is 5.11 Å². The Bertz CT molecular complexity index is 309. The number of aliphatic hydroxyl groups is 1. The molecule has 1 saturated carbocycles. The minimum Gasteiger partial charge on any atom is -0.388 e. The number of nitriles is 1. The van der Waals surface area contributed by atoms with E-state index in [2.05, 4.69) is 33.8 Å². The summed E-state index contributed by atoms with van der Waals surface area (Å²) in [6.45, 7) is 8.61. The van der Waals surface area contributed by atoms with Gasteiger partial charge < -0.3 is 5.11 Å². The van der Waals surface area contributed by atoms with Crippen LogP contribution in [0, 0.1) is 28.6 Å². The lowest BCUT2D eigenvalue weighted by Gasteiger charge is -2.46. The molecule has 1 fully saturated rings. The second-order valence-electron chi connectivity index (χ2n) is 7.69. The van der Waals surface area contributed by atoms with Crippen LogP contribution in [0.2, 0.25) is 0 Å². The van der Waals surface area contributed by atoms with Crippen molar-refractivity contribution in [3.05, 3.63) is 0 Å². The molecule has 0 aromatic heterocycles. The molecule has 0 spiro atoms. The minimum absolute atomic E-state index is 0.425. The zero-order chi connectivity index (χ0) is 15.2. The Hall–Kier alpha value is -0.550. The predicted molar refractivity (Wildman–Crippen MR) is 84.2 cm³/mol. The van der Waals surface area contributed by atoms with Crippen LogP contribution < -0.4 is 0 Å². The van der Waals surface area contributed by atoms with E-state index in [0.29, 0.717) is 11.8 Å². The molecule has 0 heterocycles. The highest BCUT2D eigenvalue weighted by Crippen LogP contribution is 2.48. The van der Waals surface area contributed by atoms with Crippen LogP contribution >= 0.6 is 0 Å². The number of rotatable bonds is 5.